The number of pyridine rings is 1. The molecule has 0 unspecified atom stereocenters. The van der Waals surface area contributed by atoms with Gasteiger partial charge in [0.05, 0.1) is 34.3 Å². The molecule has 0 radical (unpaired) electrons. The molecule has 1 aromatic carbocycles. The van der Waals surface area contributed by atoms with E-state index in [-0.39, 0.29) is 12.6 Å². The Kier molecular flexibility index (Phi) is 7.31. The quantitative estimate of drug-likeness (QED) is 0.355. The smallest absolute Gasteiger partial charge is 0.276 e. The Morgan fingerprint density at radius 2 is 1.83 bits per heavy atom. The van der Waals surface area contributed by atoms with Gasteiger partial charge in [-0.1, -0.05) is 12.1 Å². The summed E-state index contributed by atoms with van der Waals surface area (Å²) < 4.78 is 12.8. The molecule has 0 spiro atoms. The van der Waals surface area contributed by atoms with Crippen LogP contribution >= 0.6 is 11.3 Å². The van der Waals surface area contributed by atoms with Gasteiger partial charge < -0.3 is 9.47 Å². The summed E-state index contributed by atoms with van der Waals surface area (Å²) in [5.74, 6) is 0.00778. The Morgan fingerprint density at radius 3 is 2.49 bits per heavy atom. The van der Waals surface area contributed by atoms with Crippen molar-refractivity contribution in [2.24, 2.45) is 0 Å². The van der Waals surface area contributed by atoms with Crippen molar-refractivity contribution < 1.29 is 19.1 Å². The second kappa shape index (κ2) is 10.6. The van der Waals surface area contributed by atoms with Gasteiger partial charge in [-0.05, 0) is 58.0 Å². The summed E-state index contributed by atoms with van der Waals surface area (Å²) in [6.45, 7) is 8.07. The number of nitrogens with zero attached hydrogens (tertiary/aromatic N) is 3. The van der Waals surface area contributed by atoms with Gasteiger partial charge in [0.15, 0.2) is 23.8 Å². The topological polar surface area (TPSA) is 107 Å². The third kappa shape index (κ3) is 5.43. The van der Waals surface area contributed by atoms with Crippen molar-refractivity contribution in [3.8, 4) is 22.1 Å². The van der Waals surface area contributed by atoms with Crippen LogP contribution in [0.1, 0.15) is 42.0 Å². The molecule has 182 valence electrons. The molecule has 4 rings (SSSR count). The number of carbonyl (C=O) groups excluding carboxylic acids is 2. The summed E-state index contributed by atoms with van der Waals surface area (Å²) in [4.78, 5) is 32.3. The largest absolute Gasteiger partial charge is 0.490 e. The van der Waals surface area contributed by atoms with Crippen LogP contribution in [0.25, 0.3) is 21.6 Å². The molecule has 0 bridgehead atoms. The monoisotopic (exact) mass is 493 g/mol. The minimum absolute atomic E-state index is 0.0626. The van der Waals surface area contributed by atoms with Crippen molar-refractivity contribution in [2.45, 2.75) is 33.7 Å². The zero-order valence-corrected chi connectivity index (χ0v) is 20.8. The summed E-state index contributed by atoms with van der Waals surface area (Å²) in [5, 5.41) is 5.02. The zero-order chi connectivity index (χ0) is 24.9. The zero-order valence-electron chi connectivity index (χ0n) is 20.0. The maximum absolute atomic E-state index is 13.1. The van der Waals surface area contributed by atoms with E-state index in [0.29, 0.717) is 40.4 Å². The Balaban J connectivity index is 1.51. The van der Waals surface area contributed by atoms with E-state index in [1.165, 1.54) is 0 Å². The molecule has 2 amide bonds. The molecular formula is C25H27N5O4S. The first-order valence-electron chi connectivity index (χ1n) is 11.3. The summed E-state index contributed by atoms with van der Waals surface area (Å²) in [7, 11) is 0. The number of aryl methyl sites for hydroxylation is 1. The van der Waals surface area contributed by atoms with Crippen LogP contribution in [0, 0.1) is 6.92 Å². The van der Waals surface area contributed by atoms with Gasteiger partial charge in [0.1, 0.15) is 0 Å². The van der Waals surface area contributed by atoms with Crippen LogP contribution in [0.5, 0.6) is 11.5 Å². The molecule has 10 heteroatoms. The molecule has 2 N–H and O–H groups in total. The molecule has 3 aromatic heterocycles. The van der Waals surface area contributed by atoms with Crippen LogP contribution in [0.3, 0.4) is 0 Å². The number of carbonyl (C=O) groups is 2. The second-order valence-corrected chi connectivity index (χ2v) is 9.34. The van der Waals surface area contributed by atoms with Gasteiger partial charge >= 0.3 is 0 Å². The van der Waals surface area contributed by atoms with E-state index < -0.39 is 11.8 Å². The van der Waals surface area contributed by atoms with Crippen molar-refractivity contribution in [1.29, 1.82) is 0 Å². The van der Waals surface area contributed by atoms with Gasteiger partial charge in [-0.15, -0.1) is 11.3 Å². The number of amides is 2. The van der Waals surface area contributed by atoms with Crippen LogP contribution in [0.2, 0.25) is 0 Å². The first kappa shape index (κ1) is 24.2. The van der Waals surface area contributed by atoms with E-state index in [1.54, 1.807) is 46.5 Å². The third-order valence-electron chi connectivity index (χ3n) is 5.12. The highest BCUT2D eigenvalue weighted by atomic mass is 32.1. The molecule has 0 aliphatic rings. The number of aromatic nitrogens is 3. The van der Waals surface area contributed by atoms with Crippen molar-refractivity contribution >= 4 is 34.2 Å². The fourth-order valence-corrected chi connectivity index (χ4v) is 4.33. The lowest BCUT2D eigenvalue weighted by Crippen LogP contribution is -2.43. The number of hydrazine groups is 1. The standard InChI is InChI=1S/C25H27N5O4S/c1-5-33-20-8-6-7-9-21(20)34-14-23(31)28-29-25(32)17-12-19(22-11-10-16(4)35-22)27-24-18(17)13-26-30(24)15(2)3/h6-13,15H,5,14H2,1-4H3,(H,28,31)(H,29,32). The van der Waals surface area contributed by atoms with Crippen molar-refractivity contribution in [2.75, 3.05) is 13.2 Å². The highest BCUT2D eigenvalue weighted by Gasteiger charge is 2.19. The first-order valence-corrected chi connectivity index (χ1v) is 12.1. The predicted molar refractivity (Wildman–Crippen MR) is 135 cm³/mol. The molecule has 0 aliphatic heterocycles. The van der Waals surface area contributed by atoms with Crippen molar-refractivity contribution in [3.05, 3.63) is 59.1 Å². The number of thiophene rings is 1. The van der Waals surface area contributed by atoms with Crippen molar-refractivity contribution in [1.82, 2.24) is 25.6 Å². The average molecular weight is 494 g/mol. The lowest BCUT2D eigenvalue weighted by molar-refractivity contribution is -0.123. The number of rotatable bonds is 8. The van der Waals surface area contributed by atoms with E-state index in [2.05, 4.69) is 16.0 Å². The average Bonchev–Trinajstić information content (AvgIpc) is 3.48. The van der Waals surface area contributed by atoms with Crippen LogP contribution in [-0.2, 0) is 4.79 Å². The van der Waals surface area contributed by atoms with Crippen LogP contribution in [0.15, 0.2) is 48.7 Å². The van der Waals surface area contributed by atoms with E-state index in [4.69, 9.17) is 14.5 Å². The third-order valence-corrected chi connectivity index (χ3v) is 6.14. The fraction of sp³-hybridized carbons (Fsp3) is 0.280. The number of benzene rings is 1. The molecule has 0 saturated carbocycles. The molecule has 9 nitrogen and oxygen atoms in total. The number of para-hydroxylation sites is 2. The Morgan fingerprint density at radius 1 is 1.09 bits per heavy atom. The minimum atomic E-state index is -0.512. The summed E-state index contributed by atoms with van der Waals surface area (Å²) in [5.41, 5.74) is 6.53. The van der Waals surface area contributed by atoms with E-state index in [9.17, 15) is 9.59 Å². The Hall–Kier alpha value is -3.92. The number of nitrogens with one attached hydrogen (secondary N) is 2. The minimum Gasteiger partial charge on any atom is -0.490 e. The predicted octanol–water partition coefficient (Wildman–Crippen LogP) is 4.29. The Bertz CT molecular complexity index is 1360. The highest BCUT2D eigenvalue weighted by molar-refractivity contribution is 7.15. The number of ether oxygens (including phenoxy) is 2. The lowest BCUT2D eigenvalue weighted by Gasteiger charge is -2.13. The van der Waals surface area contributed by atoms with Gasteiger partial charge in [0.25, 0.3) is 11.8 Å². The molecule has 3 heterocycles. The summed E-state index contributed by atoms with van der Waals surface area (Å²) >= 11 is 1.59. The highest BCUT2D eigenvalue weighted by Crippen LogP contribution is 2.30. The number of hydrogen-bond acceptors (Lipinski definition) is 7. The first-order chi connectivity index (χ1) is 16.9. The summed E-state index contributed by atoms with van der Waals surface area (Å²) in [6.07, 6.45) is 1.62. The van der Waals surface area contributed by atoms with E-state index >= 15 is 0 Å². The van der Waals surface area contributed by atoms with Gasteiger partial charge in [-0.25, -0.2) is 9.67 Å². The molecule has 4 aromatic rings. The SMILES string of the molecule is CCOc1ccccc1OCC(=O)NNC(=O)c1cc(-c2ccc(C)s2)nc2c1cnn2C(C)C. The molecule has 35 heavy (non-hydrogen) atoms. The van der Waals surface area contributed by atoms with Crippen LogP contribution in [0.4, 0.5) is 0 Å². The lowest BCUT2D eigenvalue weighted by atomic mass is 10.1. The van der Waals surface area contributed by atoms with E-state index in [0.717, 1.165) is 9.75 Å². The van der Waals surface area contributed by atoms with Gasteiger partial charge in [0, 0.05) is 10.9 Å². The maximum Gasteiger partial charge on any atom is 0.276 e. The van der Waals surface area contributed by atoms with Crippen molar-refractivity contribution in [3.63, 3.8) is 0 Å². The van der Waals surface area contributed by atoms with Crippen LogP contribution < -0.4 is 20.3 Å². The molecule has 0 fully saturated rings. The van der Waals surface area contributed by atoms with Gasteiger partial charge in [-0.2, -0.15) is 5.10 Å². The molecule has 0 aliphatic carbocycles. The molecular weight excluding hydrogens is 466 g/mol. The fourth-order valence-electron chi connectivity index (χ4n) is 3.50. The number of hydrogen-bond donors (Lipinski definition) is 2. The normalized spacial score (nSPS) is 11.0. The molecule has 0 atom stereocenters. The second-order valence-electron chi connectivity index (χ2n) is 8.06. The maximum atomic E-state index is 13.1. The van der Waals surface area contributed by atoms with E-state index in [1.807, 2.05) is 45.9 Å². The molecule has 0 saturated heterocycles. The van der Waals surface area contributed by atoms with Gasteiger partial charge in [0.2, 0.25) is 0 Å². The van der Waals surface area contributed by atoms with Crippen LogP contribution in [-0.4, -0.2) is 39.8 Å². The Labute approximate surface area is 207 Å². The summed E-state index contributed by atoms with van der Waals surface area (Å²) in [6, 6.07) is 12.9. The number of fused-ring (bicyclic) bond motifs is 1. The van der Waals surface area contributed by atoms with Gasteiger partial charge in [-0.3, -0.25) is 20.4 Å².